The Labute approximate surface area is 177 Å². The van der Waals surface area contributed by atoms with Gasteiger partial charge < -0.3 is 4.74 Å². The maximum Gasteiger partial charge on any atom is 0.272 e. The maximum absolute atomic E-state index is 14.5. The molecule has 2 aliphatic rings. The van der Waals surface area contributed by atoms with Crippen molar-refractivity contribution in [3.05, 3.63) is 41.5 Å². The lowest BCUT2D eigenvalue weighted by atomic mass is 9.68. The van der Waals surface area contributed by atoms with Crippen molar-refractivity contribution in [3.63, 3.8) is 0 Å². The predicted octanol–water partition coefficient (Wildman–Crippen LogP) is 8.05. The van der Waals surface area contributed by atoms with Gasteiger partial charge in [0.2, 0.25) is 5.82 Å². The van der Waals surface area contributed by atoms with Crippen LogP contribution in [0.2, 0.25) is 0 Å². The van der Waals surface area contributed by atoms with Crippen LogP contribution in [-0.2, 0) is 0 Å². The number of rotatable bonds is 8. The summed E-state index contributed by atoms with van der Waals surface area (Å²) in [5.74, 6) is -0.196. The lowest BCUT2D eigenvalue weighted by molar-refractivity contribution is 0.0794. The Hall–Kier alpha value is -1.52. The van der Waals surface area contributed by atoms with Crippen molar-refractivity contribution in [1.82, 2.24) is 0 Å². The minimum Gasteiger partial charge on any atom is -0.484 e. The molecule has 2 aliphatic carbocycles. The van der Waals surface area contributed by atoms with E-state index in [1.165, 1.54) is 50.7 Å². The van der Waals surface area contributed by atoms with Crippen LogP contribution >= 0.6 is 0 Å². The molecule has 0 radical (unpaired) electrons. The molecule has 0 saturated heterocycles. The molecule has 0 aliphatic heterocycles. The van der Waals surface area contributed by atoms with Crippen molar-refractivity contribution in [2.75, 3.05) is 6.61 Å². The zero-order chi connectivity index (χ0) is 21.5. The Bertz CT molecular complexity index is 687. The molecule has 1 nitrogen and oxygen atoms in total. The van der Waals surface area contributed by atoms with Crippen LogP contribution in [0.25, 0.3) is 0 Å². The molecule has 1 aromatic rings. The van der Waals surface area contributed by atoms with E-state index in [9.17, 15) is 17.6 Å². The average molecular weight is 427 g/mol. The van der Waals surface area contributed by atoms with Crippen LogP contribution in [0.1, 0.15) is 82.6 Å². The zero-order valence-corrected chi connectivity index (χ0v) is 17.9. The smallest absolute Gasteiger partial charge is 0.272 e. The van der Waals surface area contributed by atoms with E-state index >= 15 is 0 Å². The second kappa shape index (κ2) is 11.2. The van der Waals surface area contributed by atoms with Crippen LogP contribution in [0.3, 0.4) is 0 Å². The van der Waals surface area contributed by atoms with Crippen molar-refractivity contribution in [1.29, 1.82) is 0 Å². The summed E-state index contributed by atoms with van der Waals surface area (Å²) in [6.45, 7) is 1.14. The summed E-state index contributed by atoms with van der Waals surface area (Å²) in [5, 5.41) is 0. The Morgan fingerprint density at radius 2 is 1.57 bits per heavy atom. The van der Waals surface area contributed by atoms with Gasteiger partial charge in [0.25, 0.3) is 6.43 Å². The summed E-state index contributed by atoms with van der Waals surface area (Å²) < 4.78 is 58.0. The van der Waals surface area contributed by atoms with Gasteiger partial charge in [0.15, 0.2) is 11.6 Å². The number of ether oxygens (including phenoxy) is 1. The normalized spacial score (nSPS) is 27.7. The fraction of sp³-hybridized carbons (Fsp3) is 0.680. The minimum absolute atomic E-state index is 0.00271. The van der Waals surface area contributed by atoms with Crippen LogP contribution in [0, 0.1) is 29.4 Å². The molecule has 0 atom stereocenters. The Morgan fingerprint density at radius 1 is 0.933 bits per heavy atom. The van der Waals surface area contributed by atoms with Crippen molar-refractivity contribution < 1.29 is 22.3 Å². The highest BCUT2D eigenvalue weighted by Gasteiger charge is 2.32. The first kappa shape index (κ1) is 23.1. The summed E-state index contributed by atoms with van der Waals surface area (Å²) in [7, 11) is 0. The fourth-order valence-electron chi connectivity index (χ4n) is 5.47. The van der Waals surface area contributed by atoms with Crippen molar-refractivity contribution in [2.45, 2.75) is 83.5 Å². The zero-order valence-electron chi connectivity index (χ0n) is 17.9. The Kier molecular flexibility index (Phi) is 8.64. The largest absolute Gasteiger partial charge is 0.484 e. The van der Waals surface area contributed by atoms with Gasteiger partial charge in [-0.25, -0.2) is 13.2 Å². The summed E-state index contributed by atoms with van der Waals surface area (Å²) in [6, 6.07) is 2.80. The molecular weight excluding hydrogens is 392 g/mol. The van der Waals surface area contributed by atoms with E-state index < -0.39 is 30.4 Å². The van der Waals surface area contributed by atoms with Crippen molar-refractivity contribution >= 4 is 0 Å². The molecule has 0 bridgehead atoms. The highest BCUT2D eigenvalue weighted by molar-refractivity contribution is 5.33. The third-order valence-corrected chi connectivity index (χ3v) is 7.19. The second-order valence-electron chi connectivity index (χ2n) is 9.02. The number of hydrogen-bond donors (Lipinski definition) is 0. The van der Waals surface area contributed by atoms with Crippen LogP contribution in [-0.4, -0.2) is 13.0 Å². The first-order chi connectivity index (χ1) is 14.5. The molecule has 0 aromatic heterocycles. The highest BCUT2D eigenvalue weighted by atomic mass is 19.3. The first-order valence-corrected chi connectivity index (χ1v) is 11.5. The van der Waals surface area contributed by atoms with E-state index in [1.807, 2.05) is 0 Å². The van der Waals surface area contributed by atoms with Gasteiger partial charge in [-0.2, -0.15) is 4.39 Å². The summed E-state index contributed by atoms with van der Waals surface area (Å²) in [4.78, 5) is 0. The van der Waals surface area contributed by atoms with E-state index in [-0.39, 0.29) is 5.92 Å². The molecule has 5 heteroatoms. The van der Waals surface area contributed by atoms with E-state index in [2.05, 4.69) is 23.8 Å². The molecule has 168 valence electrons. The van der Waals surface area contributed by atoms with Crippen LogP contribution in [0.5, 0.6) is 5.75 Å². The molecule has 30 heavy (non-hydrogen) atoms. The number of alkyl halides is 2. The van der Waals surface area contributed by atoms with Gasteiger partial charge in [0.1, 0.15) is 6.61 Å². The lowest BCUT2D eigenvalue weighted by Crippen LogP contribution is -2.25. The molecule has 3 rings (SSSR count). The average Bonchev–Trinajstić information content (AvgIpc) is 2.76. The molecule has 1 aromatic carbocycles. The van der Waals surface area contributed by atoms with Gasteiger partial charge in [0, 0.05) is 0 Å². The highest BCUT2D eigenvalue weighted by Crippen LogP contribution is 2.45. The van der Waals surface area contributed by atoms with Gasteiger partial charge in [-0.15, -0.1) is 0 Å². The monoisotopic (exact) mass is 426 g/mol. The topological polar surface area (TPSA) is 9.23 Å². The standard InChI is InChI=1S/C25H34F4O/c1-2-3-4-5-17-6-8-18(9-7-17)19-10-12-20(13-11-19)21-14-15-22(25(29)24(21)28)30-16-23(26)27/h2-3,14-15,17-20,23H,4-13,16H2,1H3/b3-2+. The van der Waals surface area contributed by atoms with Crippen LogP contribution in [0.15, 0.2) is 24.3 Å². The summed E-state index contributed by atoms with van der Waals surface area (Å²) >= 11 is 0. The molecule has 0 unspecified atom stereocenters. The summed E-state index contributed by atoms with van der Waals surface area (Å²) in [5.41, 5.74) is 0.364. The fourth-order valence-corrected chi connectivity index (χ4v) is 5.47. The molecule has 0 heterocycles. The van der Waals surface area contributed by atoms with E-state index in [0.29, 0.717) is 11.5 Å². The molecule has 0 N–H and O–H groups in total. The van der Waals surface area contributed by atoms with E-state index in [1.54, 1.807) is 0 Å². The molecule has 2 fully saturated rings. The van der Waals surface area contributed by atoms with Crippen LogP contribution < -0.4 is 4.74 Å². The minimum atomic E-state index is -2.72. The SMILES string of the molecule is C/C=C/CCC1CCC(C2CCC(c3ccc(OCC(F)F)c(F)c3F)CC2)CC1. The third kappa shape index (κ3) is 6.01. The molecule has 0 spiro atoms. The molecule has 2 saturated carbocycles. The molecular formula is C25H34F4O. The van der Waals surface area contributed by atoms with E-state index in [0.717, 1.165) is 37.5 Å². The molecule has 0 amide bonds. The van der Waals surface area contributed by atoms with Gasteiger partial charge in [0.05, 0.1) is 0 Å². The van der Waals surface area contributed by atoms with Gasteiger partial charge in [-0.3, -0.25) is 0 Å². The number of halogens is 4. The van der Waals surface area contributed by atoms with Crippen LogP contribution in [0.4, 0.5) is 17.6 Å². The first-order valence-electron chi connectivity index (χ1n) is 11.5. The quantitative estimate of drug-likeness (QED) is 0.302. The lowest BCUT2D eigenvalue weighted by Gasteiger charge is -2.38. The summed E-state index contributed by atoms with van der Waals surface area (Å²) in [6.07, 6.45) is 13.2. The number of allylic oxidation sites excluding steroid dienone is 2. The maximum atomic E-state index is 14.5. The van der Waals surface area contributed by atoms with E-state index in [4.69, 9.17) is 0 Å². The van der Waals surface area contributed by atoms with Crippen molar-refractivity contribution in [2.24, 2.45) is 17.8 Å². The number of hydrogen-bond acceptors (Lipinski definition) is 1. The third-order valence-electron chi connectivity index (χ3n) is 7.19. The Morgan fingerprint density at radius 3 is 2.17 bits per heavy atom. The van der Waals surface area contributed by atoms with Gasteiger partial charge in [-0.05, 0) is 93.6 Å². The second-order valence-corrected chi connectivity index (χ2v) is 9.02. The van der Waals surface area contributed by atoms with Gasteiger partial charge in [-0.1, -0.05) is 31.1 Å². The Balaban J connectivity index is 1.49. The van der Waals surface area contributed by atoms with Crippen molar-refractivity contribution in [3.8, 4) is 5.75 Å². The number of benzene rings is 1. The predicted molar refractivity (Wildman–Crippen MR) is 112 cm³/mol. The van der Waals surface area contributed by atoms with Gasteiger partial charge >= 0.3 is 0 Å².